The number of carbonyl (C=O) groups excluding carboxylic acids is 1. The second kappa shape index (κ2) is 5.40. The monoisotopic (exact) mass is 253 g/mol. The molecule has 1 fully saturated rings. The maximum absolute atomic E-state index is 11.8. The number of hydrogen-bond donors (Lipinski definition) is 3. The first-order valence-corrected chi connectivity index (χ1v) is 6.96. The Balaban J connectivity index is 1.99. The van der Waals surface area contributed by atoms with E-state index >= 15 is 0 Å². The molecule has 0 aliphatic heterocycles. The molecule has 0 atom stereocenters. The van der Waals surface area contributed by atoms with Crippen molar-refractivity contribution < 1.29 is 4.79 Å². The summed E-state index contributed by atoms with van der Waals surface area (Å²) in [5.41, 5.74) is 6.43. The third-order valence-corrected chi connectivity index (χ3v) is 4.03. The zero-order valence-electron chi connectivity index (χ0n) is 10.1. The number of anilines is 2. The van der Waals surface area contributed by atoms with E-state index < -0.39 is 0 Å². The topological polar surface area (TPSA) is 67.2 Å². The maximum atomic E-state index is 11.8. The molecule has 1 aromatic heterocycles. The van der Waals surface area contributed by atoms with Crippen LogP contribution in [0.15, 0.2) is 6.07 Å². The van der Waals surface area contributed by atoms with Gasteiger partial charge in [0.2, 0.25) is 0 Å². The minimum absolute atomic E-state index is 0.0593. The highest BCUT2D eigenvalue weighted by atomic mass is 32.1. The van der Waals surface area contributed by atoms with E-state index in [1.165, 1.54) is 30.6 Å². The SMILES string of the molecule is CCCNC(=O)c1sc(NC2CCC2)cc1N. The van der Waals surface area contributed by atoms with Crippen LogP contribution in [0.3, 0.4) is 0 Å². The van der Waals surface area contributed by atoms with E-state index in [1.54, 1.807) is 0 Å². The number of nitrogen functional groups attached to an aromatic ring is 1. The molecule has 0 aromatic carbocycles. The predicted octanol–water partition coefficient (Wildman–Crippen LogP) is 2.43. The van der Waals surface area contributed by atoms with Gasteiger partial charge >= 0.3 is 0 Å². The third kappa shape index (κ3) is 2.91. The summed E-state index contributed by atoms with van der Waals surface area (Å²) >= 11 is 1.45. The molecule has 0 spiro atoms. The number of nitrogens with one attached hydrogen (secondary N) is 2. The summed E-state index contributed by atoms with van der Waals surface area (Å²) < 4.78 is 0. The Morgan fingerprint density at radius 2 is 2.35 bits per heavy atom. The number of nitrogens with two attached hydrogens (primary N) is 1. The highest BCUT2D eigenvalue weighted by Gasteiger charge is 2.20. The van der Waals surface area contributed by atoms with Gasteiger partial charge in [0.25, 0.3) is 5.91 Å². The molecule has 5 heteroatoms. The number of thiophene rings is 1. The standard InChI is InChI=1S/C12H19N3OS/c1-2-6-14-12(16)11-9(13)7-10(17-11)15-8-4-3-5-8/h7-8,15H,2-6,13H2,1H3,(H,14,16). The van der Waals surface area contributed by atoms with Crippen LogP contribution in [-0.4, -0.2) is 18.5 Å². The Bertz CT molecular complexity index is 398. The van der Waals surface area contributed by atoms with Crippen LogP contribution < -0.4 is 16.4 Å². The molecule has 1 amide bonds. The van der Waals surface area contributed by atoms with Crippen molar-refractivity contribution in [2.24, 2.45) is 0 Å². The van der Waals surface area contributed by atoms with E-state index in [1.807, 2.05) is 13.0 Å². The zero-order chi connectivity index (χ0) is 12.3. The van der Waals surface area contributed by atoms with E-state index in [9.17, 15) is 4.79 Å². The molecule has 17 heavy (non-hydrogen) atoms. The molecule has 0 radical (unpaired) electrons. The lowest BCUT2D eigenvalue weighted by molar-refractivity contribution is 0.0958. The third-order valence-electron chi connectivity index (χ3n) is 2.95. The largest absolute Gasteiger partial charge is 0.397 e. The quantitative estimate of drug-likeness (QED) is 0.755. The molecule has 0 bridgehead atoms. The predicted molar refractivity (Wildman–Crippen MR) is 72.6 cm³/mol. The fraction of sp³-hybridized carbons (Fsp3) is 0.583. The van der Waals surface area contributed by atoms with Gasteiger partial charge in [-0.2, -0.15) is 0 Å². The summed E-state index contributed by atoms with van der Waals surface area (Å²) in [6.45, 7) is 2.73. The second-order valence-corrected chi connectivity index (χ2v) is 5.48. The molecule has 0 saturated heterocycles. The summed E-state index contributed by atoms with van der Waals surface area (Å²) in [7, 11) is 0. The molecule has 1 heterocycles. The Kier molecular flexibility index (Phi) is 3.89. The Morgan fingerprint density at radius 3 is 2.94 bits per heavy atom. The van der Waals surface area contributed by atoms with Crippen molar-refractivity contribution in [1.29, 1.82) is 0 Å². The highest BCUT2D eigenvalue weighted by Crippen LogP contribution is 2.32. The molecular weight excluding hydrogens is 234 g/mol. The Labute approximate surface area is 106 Å². The fourth-order valence-electron chi connectivity index (χ4n) is 1.73. The Hall–Kier alpha value is -1.23. The van der Waals surface area contributed by atoms with Gasteiger partial charge in [0.05, 0.1) is 10.7 Å². The number of hydrogen-bond acceptors (Lipinski definition) is 4. The van der Waals surface area contributed by atoms with Gasteiger partial charge in [0.15, 0.2) is 0 Å². The van der Waals surface area contributed by atoms with Crippen LogP contribution in [0.25, 0.3) is 0 Å². The van der Waals surface area contributed by atoms with Crippen molar-refractivity contribution in [3.8, 4) is 0 Å². The summed E-state index contributed by atoms with van der Waals surface area (Å²) in [5.74, 6) is -0.0593. The molecule has 1 aromatic rings. The maximum Gasteiger partial charge on any atom is 0.263 e. The minimum Gasteiger partial charge on any atom is -0.397 e. The van der Waals surface area contributed by atoms with Crippen LogP contribution >= 0.6 is 11.3 Å². The Morgan fingerprint density at radius 1 is 1.59 bits per heavy atom. The van der Waals surface area contributed by atoms with Crippen LogP contribution in [-0.2, 0) is 0 Å². The van der Waals surface area contributed by atoms with Crippen molar-refractivity contribution in [1.82, 2.24) is 5.32 Å². The lowest BCUT2D eigenvalue weighted by Gasteiger charge is -2.26. The average Bonchev–Trinajstić information content (AvgIpc) is 2.62. The number of rotatable bonds is 5. The highest BCUT2D eigenvalue weighted by molar-refractivity contribution is 7.18. The van der Waals surface area contributed by atoms with Gasteiger partial charge in [0, 0.05) is 12.6 Å². The minimum atomic E-state index is -0.0593. The van der Waals surface area contributed by atoms with E-state index in [2.05, 4.69) is 10.6 Å². The van der Waals surface area contributed by atoms with Gasteiger partial charge in [-0.05, 0) is 31.7 Å². The van der Waals surface area contributed by atoms with Crippen molar-refractivity contribution >= 4 is 27.9 Å². The van der Waals surface area contributed by atoms with Gasteiger partial charge in [-0.1, -0.05) is 6.92 Å². The summed E-state index contributed by atoms with van der Waals surface area (Å²) in [4.78, 5) is 12.4. The van der Waals surface area contributed by atoms with Gasteiger partial charge in [-0.3, -0.25) is 4.79 Å². The molecule has 1 saturated carbocycles. The molecule has 0 unspecified atom stereocenters. The zero-order valence-corrected chi connectivity index (χ0v) is 10.9. The molecule has 94 valence electrons. The van der Waals surface area contributed by atoms with E-state index in [0.29, 0.717) is 23.2 Å². The van der Waals surface area contributed by atoms with E-state index in [4.69, 9.17) is 5.73 Å². The van der Waals surface area contributed by atoms with Gasteiger partial charge < -0.3 is 16.4 Å². The molecule has 1 aliphatic rings. The van der Waals surface area contributed by atoms with E-state index in [-0.39, 0.29) is 5.91 Å². The van der Waals surface area contributed by atoms with Crippen molar-refractivity contribution in [3.05, 3.63) is 10.9 Å². The van der Waals surface area contributed by atoms with Crippen molar-refractivity contribution in [2.45, 2.75) is 38.6 Å². The van der Waals surface area contributed by atoms with Crippen LogP contribution in [0.1, 0.15) is 42.3 Å². The van der Waals surface area contributed by atoms with Gasteiger partial charge in [-0.25, -0.2) is 0 Å². The molecular formula is C12H19N3OS. The first kappa shape index (κ1) is 12.2. The van der Waals surface area contributed by atoms with Crippen molar-refractivity contribution in [3.63, 3.8) is 0 Å². The van der Waals surface area contributed by atoms with Crippen LogP contribution in [0.4, 0.5) is 10.7 Å². The average molecular weight is 253 g/mol. The lowest BCUT2D eigenvalue weighted by Crippen LogP contribution is -2.26. The molecule has 1 aliphatic carbocycles. The van der Waals surface area contributed by atoms with Gasteiger partial charge in [0.1, 0.15) is 4.88 Å². The molecule has 4 N–H and O–H groups in total. The summed E-state index contributed by atoms with van der Waals surface area (Å²) in [5, 5.41) is 7.27. The lowest BCUT2D eigenvalue weighted by atomic mass is 9.93. The smallest absolute Gasteiger partial charge is 0.263 e. The second-order valence-electron chi connectivity index (χ2n) is 4.42. The van der Waals surface area contributed by atoms with Crippen LogP contribution in [0, 0.1) is 0 Å². The van der Waals surface area contributed by atoms with Crippen molar-refractivity contribution in [2.75, 3.05) is 17.6 Å². The normalized spacial score (nSPS) is 15.4. The number of carbonyl (C=O) groups is 1. The first-order chi connectivity index (χ1) is 8.20. The summed E-state index contributed by atoms with van der Waals surface area (Å²) in [6, 6.07) is 2.43. The summed E-state index contributed by atoms with van der Waals surface area (Å²) in [6.07, 6.45) is 4.66. The molecule has 2 rings (SSSR count). The van der Waals surface area contributed by atoms with E-state index in [0.717, 1.165) is 11.4 Å². The number of amides is 1. The van der Waals surface area contributed by atoms with Crippen LogP contribution in [0.5, 0.6) is 0 Å². The molecule has 4 nitrogen and oxygen atoms in total. The van der Waals surface area contributed by atoms with Crippen LogP contribution in [0.2, 0.25) is 0 Å². The fourth-order valence-corrected chi connectivity index (χ4v) is 2.70. The van der Waals surface area contributed by atoms with Gasteiger partial charge in [-0.15, -0.1) is 11.3 Å². The first-order valence-electron chi connectivity index (χ1n) is 6.14.